The normalized spacial score (nSPS) is 19.1. The fourth-order valence-corrected chi connectivity index (χ4v) is 4.72. The highest BCUT2D eigenvalue weighted by Gasteiger charge is 2.32. The molecule has 2 aliphatic rings. The zero-order valence-corrected chi connectivity index (χ0v) is 17.8. The minimum absolute atomic E-state index is 0.000380. The fraction of sp³-hybridized carbons (Fsp3) is 0.524. The highest BCUT2D eigenvalue weighted by atomic mass is 32.2. The molecule has 1 aromatic carbocycles. The van der Waals surface area contributed by atoms with Gasteiger partial charge in [0.25, 0.3) is 11.8 Å². The van der Waals surface area contributed by atoms with Crippen LogP contribution in [0.1, 0.15) is 49.9 Å². The van der Waals surface area contributed by atoms with E-state index in [9.17, 15) is 14.4 Å². The van der Waals surface area contributed by atoms with Crippen molar-refractivity contribution < 1.29 is 14.4 Å². The van der Waals surface area contributed by atoms with Crippen molar-refractivity contribution in [3.8, 4) is 0 Å². The number of anilines is 1. The van der Waals surface area contributed by atoms with Crippen molar-refractivity contribution >= 4 is 40.3 Å². The van der Waals surface area contributed by atoms with Crippen LogP contribution in [0.15, 0.2) is 29.3 Å². The Morgan fingerprint density at radius 3 is 2.62 bits per heavy atom. The molecule has 0 saturated carbocycles. The number of hydrogen-bond acceptors (Lipinski definition) is 5. The average molecular weight is 417 g/mol. The van der Waals surface area contributed by atoms with Gasteiger partial charge in [0.2, 0.25) is 5.91 Å². The van der Waals surface area contributed by atoms with Gasteiger partial charge in [-0.2, -0.15) is 4.99 Å². The third-order valence-corrected chi connectivity index (χ3v) is 6.38. The summed E-state index contributed by atoms with van der Waals surface area (Å²) in [5.41, 5.74) is 1.14. The number of rotatable bonds is 6. The van der Waals surface area contributed by atoms with Gasteiger partial charge in [-0.05, 0) is 51.3 Å². The second kappa shape index (κ2) is 9.91. The van der Waals surface area contributed by atoms with Crippen molar-refractivity contribution in [3.05, 3.63) is 29.8 Å². The van der Waals surface area contributed by atoms with Crippen LogP contribution in [0.2, 0.25) is 0 Å². The van der Waals surface area contributed by atoms with E-state index >= 15 is 0 Å². The smallest absolute Gasteiger partial charge is 0.262 e. The highest BCUT2D eigenvalue weighted by molar-refractivity contribution is 8.15. The van der Waals surface area contributed by atoms with Gasteiger partial charge in [0.1, 0.15) is 5.25 Å². The summed E-state index contributed by atoms with van der Waals surface area (Å²) in [5, 5.41) is 3.01. The first-order chi connectivity index (χ1) is 14.0. The summed E-state index contributed by atoms with van der Waals surface area (Å²) in [4.78, 5) is 45.3. The number of thioether (sulfide) groups is 1. The predicted molar refractivity (Wildman–Crippen MR) is 116 cm³/mol. The molecule has 29 heavy (non-hydrogen) atoms. The number of amides is 3. The standard InChI is InChI=1S/C21H28N4O3S/c1-3-24(4-2)21-23-19(27)17(29-21)14-18(26)22-16-10-8-9-15(13-16)20(28)25-11-6-5-7-12-25/h8-10,13,17H,3-7,11-12,14H2,1-2H3,(H,22,26)/t17-/m1/s1. The van der Waals surface area contributed by atoms with Gasteiger partial charge in [-0.15, -0.1) is 0 Å². The van der Waals surface area contributed by atoms with E-state index in [1.54, 1.807) is 24.3 Å². The number of piperidine rings is 1. The summed E-state index contributed by atoms with van der Waals surface area (Å²) < 4.78 is 0. The van der Waals surface area contributed by atoms with Crippen molar-refractivity contribution in [1.29, 1.82) is 0 Å². The van der Waals surface area contributed by atoms with Crippen LogP contribution in [-0.4, -0.2) is 64.1 Å². The van der Waals surface area contributed by atoms with Crippen LogP contribution in [0.3, 0.4) is 0 Å². The summed E-state index contributed by atoms with van der Waals surface area (Å²) in [6, 6.07) is 7.00. The van der Waals surface area contributed by atoms with E-state index in [4.69, 9.17) is 0 Å². The molecule has 1 N–H and O–H groups in total. The number of carbonyl (C=O) groups excluding carboxylic acids is 3. The van der Waals surface area contributed by atoms with Gasteiger partial charge >= 0.3 is 0 Å². The maximum atomic E-state index is 12.7. The Kier molecular flexibility index (Phi) is 7.30. The lowest BCUT2D eigenvalue weighted by atomic mass is 10.1. The molecule has 1 fully saturated rings. The van der Waals surface area contributed by atoms with Crippen LogP contribution in [0.5, 0.6) is 0 Å². The zero-order chi connectivity index (χ0) is 20.8. The van der Waals surface area contributed by atoms with E-state index in [2.05, 4.69) is 10.3 Å². The van der Waals surface area contributed by atoms with E-state index in [0.29, 0.717) is 16.4 Å². The number of nitrogens with one attached hydrogen (secondary N) is 1. The molecule has 0 radical (unpaired) electrons. The first-order valence-corrected chi connectivity index (χ1v) is 11.1. The Morgan fingerprint density at radius 1 is 1.21 bits per heavy atom. The summed E-state index contributed by atoms with van der Waals surface area (Å²) in [6.45, 7) is 7.12. The predicted octanol–water partition coefficient (Wildman–Crippen LogP) is 2.98. The molecule has 0 spiro atoms. The molecule has 0 bridgehead atoms. The lowest BCUT2D eigenvalue weighted by Gasteiger charge is -2.26. The van der Waals surface area contributed by atoms with Crippen molar-refractivity contribution in [2.45, 2.75) is 44.8 Å². The number of hydrogen-bond donors (Lipinski definition) is 1. The van der Waals surface area contributed by atoms with Crippen molar-refractivity contribution in [3.63, 3.8) is 0 Å². The summed E-state index contributed by atoms with van der Waals surface area (Å²) >= 11 is 1.35. The van der Waals surface area contributed by atoms with E-state index < -0.39 is 5.25 Å². The molecule has 1 aromatic rings. The lowest BCUT2D eigenvalue weighted by Crippen LogP contribution is -2.35. The monoisotopic (exact) mass is 416 g/mol. The van der Waals surface area contributed by atoms with E-state index in [-0.39, 0.29) is 24.1 Å². The maximum absolute atomic E-state index is 12.7. The number of aliphatic imine (C=N–C) groups is 1. The van der Waals surface area contributed by atoms with Gasteiger partial charge in [-0.25, -0.2) is 0 Å². The molecule has 8 heteroatoms. The van der Waals surface area contributed by atoms with Gasteiger partial charge in [-0.1, -0.05) is 17.8 Å². The Balaban J connectivity index is 1.57. The number of likely N-dealkylation sites (tertiary alicyclic amines) is 1. The van der Waals surface area contributed by atoms with Crippen LogP contribution >= 0.6 is 11.8 Å². The Labute approximate surface area is 175 Å². The van der Waals surface area contributed by atoms with Gasteiger partial charge in [0.15, 0.2) is 5.17 Å². The highest BCUT2D eigenvalue weighted by Crippen LogP contribution is 2.27. The van der Waals surface area contributed by atoms with E-state index in [1.807, 2.05) is 23.6 Å². The first kappa shape index (κ1) is 21.4. The third kappa shape index (κ3) is 5.38. The van der Waals surface area contributed by atoms with Crippen LogP contribution in [0, 0.1) is 0 Å². The molecular weight excluding hydrogens is 388 g/mol. The molecule has 156 valence electrons. The van der Waals surface area contributed by atoms with Gasteiger partial charge in [0.05, 0.1) is 0 Å². The molecular formula is C21H28N4O3S. The number of nitrogens with zero attached hydrogens (tertiary/aromatic N) is 3. The summed E-state index contributed by atoms with van der Waals surface area (Å²) in [7, 11) is 0. The Morgan fingerprint density at radius 2 is 1.93 bits per heavy atom. The molecule has 0 aliphatic carbocycles. The summed E-state index contributed by atoms with van der Waals surface area (Å²) in [5.74, 6) is -0.518. The molecule has 7 nitrogen and oxygen atoms in total. The fourth-order valence-electron chi connectivity index (χ4n) is 3.53. The minimum Gasteiger partial charge on any atom is -0.352 e. The number of carbonyl (C=O) groups is 3. The third-order valence-electron chi connectivity index (χ3n) is 5.17. The van der Waals surface area contributed by atoms with Gasteiger partial charge < -0.3 is 15.1 Å². The second-order valence-electron chi connectivity index (χ2n) is 7.20. The Bertz CT molecular complexity index is 801. The maximum Gasteiger partial charge on any atom is 0.262 e. The molecule has 0 aromatic heterocycles. The van der Waals surface area contributed by atoms with Crippen molar-refractivity contribution in [1.82, 2.24) is 9.80 Å². The van der Waals surface area contributed by atoms with Crippen LogP contribution in [0.25, 0.3) is 0 Å². The first-order valence-electron chi connectivity index (χ1n) is 10.2. The second-order valence-corrected chi connectivity index (χ2v) is 8.37. The quantitative estimate of drug-likeness (QED) is 0.771. The molecule has 3 amide bonds. The van der Waals surface area contributed by atoms with E-state index in [1.165, 1.54) is 11.8 Å². The minimum atomic E-state index is -0.497. The average Bonchev–Trinajstić information content (AvgIpc) is 3.09. The molecule has 0 unspecified atom stereocenters. The van der Waals surface area contributed by atoms with Gasteiger partial charge in [-0.3, -0.25) is 14.4 Å². The van der Waals surface area contributed by atoms with Crippen molar-refractivity contribution in [2.75, 3.05) is 31.5 Å². The summed E-state index contributed by atoms with van der Waals surface area (Å²) in [6.07, 6.45) is 3.29. The lowest BCUT2D eigenvalue weighted by molar-refractivity contribution is -0.121. The molecule has 3 rings (SSSR count). The Hall–Kier alpha value is -2.35. The largest absolute Gasteiger partial charge is 0.352 e. The topological polar surface area (TPSA) is 82.1 Å². The molecule has 2 heterocycles. The zero-order valence-electron chi connectivity index (χ0n) is 17.0. The van der Waals surface area contributed by atoms with Crippen LogP contribution in [-0.2, 0) is 9.59 Å². The van der Waals surface area contributed by atoms with Crippen molar-refractivity contribution in [2.24, 2.45) is 4.99 Å². The SMILES string of the molecule is CCN(CC)C1=NC(=O)[C@@H](CC(=O)Nc2cccc(C(=O)N3CCCCC3)c2)S1. The molecule has 1 saturated heterocycles. The van der Waals surface area contributed by atoms with E-state index in [0.717, 1.165) is 45.4 Å². The number of benzene rings is 1. The molecule has 1 atom stereocenters. The number of amidine groups is 1. The van der Waals surface area contributed by atoms with Crippen LogP contribution < -0.4 is 5.32 Å². The van der Waals surface area contributed by atoms with Gasteiger partial charge in [0, 0.05) is 43.9 Å². The molecule has 2 aliphatic heterocycles. The van der Waals surface area contributed by atoms with Crippen LogP contribution in [0.4, 0.5) is 5.69 Å².